The molecule has 1 unspecified atom stereocenters. The Bertz CT molecular complexity index is 503. The largest absolute Gasteiger partial charge is 0.373 e. The minimum absolute atomic E-state index is 0.390. The summed E-state index contributed by atoms with van der Waals surface area (Å²) in [6.07, 6.45) is 5.28. The first-order valence-corrected chi connectivity index (χ1v) is 8.36. The molecule has 2 bridgehead atoms. The molecule has 3 aliphatic heterocycles. The van der Waals surface area contributed by atoms with Crippen LogP contribution in [0, 0.1) is 0 Å². The summed E-state index contributed by atoms with van der Waals surface area (Å²) in [5, 5.41) is 3.23. The topological polar surface area (TPSA) is 44.3 Å². The van der Waals surface area contributed by atoms with Gasteiger partial charge in [-0.3, -0.25) is 9.80 Å². The highest BCUT2D eigenvalue weighted by Crippen LogP contribution is 2.35. The maximum absolute atomic E-state index is 4.99. The second-order valence-corrected chi connectivity index (χ2v) is 6.62. The van der Waals surface area contributed by atoms with E-state index >= 15 is 0 Å². The minimum Gasteiger partial charge on any atom is -0.373 e. The van der Waals surface area contributed by atoms with Crippen molar-refractivity contribution in [3.05, 3.63) is 17.6 Å². The molecule has 1 saturated carbocycles. The summed E-state index contributed by atoms with van der Waals surface area (Å²) >= 11 is 0. The molecule has 1 atom stereocenters. The van der Waals surface area contributed by atoms with E-state index in [1.54, 1.807) is 0 Å². The highest BCUT2D eigenvalue weighted by Gasteiger charge is 2.35. The summed E-state index contributed by atoms with van der Waals surface area (Å²) in [6.45, 7) is 5.83. The van der Waals surface area contributed by atoms with E-state index in [1.165, 1.54) is 44.5 Å². The number of nitrogens with one attached hydrogen (secondary N) is 1. The number of aromatic nitrogens is 2. The van der Waals surface area contributed by atoms with Crippen LogP contribution in [0.25, 0.3) is 0 Å². The Morgan fingerprint density at radius 3 is 2.48 bits per heavy atom. The Morgan fingerprint density at radius 1 is 1.10 bits per heavy atom. The van der Waals surface area contributed by atoms with Gasteiger partial charge in [-0.1, -0.05) is 12.8 Å². The van der Waals surface area contributed by atoms with Gasteiger partial charge in [-0.15, -0.1) is 0 Å². The van der Waals surface area contributed by atoms with E-state index in [0.717, 1.165) is 31.3 Å². The summed E-state index contributed by atoms with van der Waals surface area (Å²) in [7, 11) is 1.96. The molecule has 4 heterocycles. The SMILES string of the molecule is CNc1cc(C2CCCC2)nc(C2CN3CCN2CC3)n1. The van der Waals surface area contributed by atoms with E-state index in [-0.39, 0.29) is 0 Å². The molecule has 0 spiro atoms. The highest BCUT2D eigenvalue weighted by molar-refractivity contribution is 5.37. The van der Waals surface area contributed by atoms with Crippen molar-refractivity contribution in [1.82, 2.24) is 19.8 Å². The zero-order valence-electron chi connectivity index (χ0n) is 12.9. The maximum atomic E-state index is 4.99. The molecule has 5 heteroatoms. The van der Waals surface area contributed by atoms with Gasteiger partial charge in [-0.05, 0) is 12.8 Å². The third-order valence-corrected chi connectivity index (χ3v) is 5.37. The zero-order valence-corrected chi connectivity index (χ0v) is 12.9. The molecule has 1 aromatic rings. The number of piperazine rings is 3. The Kier molecular flexibility index (Phi) is 3.55. The molecular weight excluding hydrogens is 262 g/mol. The van der Waals surface area contributed by atoms with E-state index < -0.39 is 0 Å². The normalized spacial score (nSPS) is 32.5. The lowest BCUT2D eigenvalue weighted by atomic mass is 10.0. The maximum Gasteiger partial charge on any atom is 0.149 e. The summed E-state index contributed by atoms with van der Waals surface area (Å²) in [5.41, 5.74) is 1.26. The average molecular weight is 287 g/mol. The number of hydrogen-bond acceptors (Lipinski definition) is 5. The van der Waals surface area contributed by atoms with Gasteiger partial charge in [0.15, 0.2) is 0 Å². The van der Waals surface area contributed by atoms with Crippen LogP contribution in [0.1, 0.15) is 49.2 Å². The van der Waals surface area contributed by atoms with Crippen LogP contribution in [0.5, 0.6) is 0 Å². The van der Waals surface area contributed by atoms with E-state index in [2.05, 4.69) is 21.2 Å². The van der Waals surface area contributed by atoms with Crippen LogP contribution < -0.4 is 5.32 Å². The first kappa shape index (κ1) is 13.5. The molecule has 1 aliphatic carbocycles. The van der Waals surface area contributed by atoms with Crippen LogP contribution in [0.4, 0.5) is 5.82 Å². The highest BCUT2D eigenvalue weighted by atomic mass is 15.4. The van der Waals surface area contributed by atoms with Gasteiger partial charge < -0.3 is 5.32 Å². The summed E-state index contributed by atoms with van der Waals surface area (Å²) < 4.78 is 0. The molecule has 5 nitrogen and oxygen atoms in total. The van der Waals surface area contributed by atoms with Gasteiger partial charge in [0, 0.05) is 57.4 Å². The predicted molar refractivity (Wildman–Crippen MR) is 83.5 cm³/mol. The van der Waals surface area contributed by atoms with E-state index in [1.807, 2.05) is 7.05 Å². The van der Waals surface area contributed by atoms with Gasteiger partial charge in [-0.2, -0.15) is 0 Å². The lowest BCUT2D eigenvalue weighted by Crippen LogP contribution is -2.57. The van der Waals surface area contributed by atoms with Crippen molar-refractivity contribution in [1.29, 1.82) is 0 Å². The first-order chi connectivity index (χ1) is 10.3. The van der Waals surface area contributed by atoms with Crippen molar-refractivity contribution in [3.8, 4) is 0 Å². The van der Waals surface area contributed by atoms with E-state index in [4.69, 9.17) is 9.97 Å². The summed E-state index contributed by atoms with van der Waals surface area (Å²) in [6, 6.07) is 2.55. The Labute approximate surface area is 126 Å². The molecule has 0 amide bonds. The van der Waals surface area contributed by atoms with Gasteiger partial charge in [0.25, 0.3) is 0 Å². The molecule has 0 aromatic carbocycles. The monoisotopic (exact) mass is 287 g/mol. The molecule has 0 radical (unpaired) electrons. The molecule has 4 aliphatic rings. The molecule has 1 N–H and O–H groups in total. The van der Waals surface area contributed by atoms with Gasteiger partial charge >= 0.3 is 0 Å². The number of anilines is 1. The van der Waals surface area contributed by atoms with Crippen LogP contribution in [0.2, 0.25) is 0 Å². The number of rotatable bonds is 3. The molecule has 114 valence electrons. The molecule has 4 fully saturated rings. The molecule has 5 rings (SSSR count). The van der Waals surface area contributed by atoms with Crippen LogP contribution in [0.3, 0.4) is 0 Å². The standard InChI is InChI=1S/C16H25N5/c1-17-15-10-13(12-4-2-3-5-12)18-16(19-15)14-11-20-6-8-21(14)9-7-20/h10,12,14H,2-9,11H2,1H3,(H,17,18,19). The van der Waals surface area contributed by atoms with E-state index in [0.29, 0.717) is 12.0 Å². The third kappa shape index (κ3) is 2.53. The van der Waals surface area contributed by atoms with Crippen molar-refractivity contribution < 1.29 is 0 Å². The van der Waals surface area contributed by atoms with Gasteiger partial charge in [0.05, 0.1) is 6.04 Å². The second-order valence-electron chi connectivity index (χ2n) is 6.62. The fourth-order valence-corrected chi connectivity index (χ4v) is 4.06. The molecule has 1 aromatic heterocycles. The summed E-state index contributed by atoms with van der Waals surface area (Å²) in [5.74, 6) is 2.67. The van der Waals surface area contributed by atoms with Crippen LogP contribution in [0.15, 0.2) is 6.07 Å². The van der Waals surface area contributed by atoms with Crippen LogP contribution in [-0.2, 0) is 0 Å². The predicted octanol–water partition coefficient (Wildman–Crippen LogP) is 1.85. The van der Waals surface area contributed by atoms with Crippen molar-refractivity contribution in [2.75, 3.05) is 45.1 Å². The number of hydrogen-bond donors (Lipinski definition) is 1. The molecular formula is C16H25N5. The molecule has 3 saturated heterocycles. The molecule has 21 heavy (non-hydrogen) atoms. The van der Waals surface area contributed by atoms with Crippen molar-refractivity contribution in [2.24, 2.45) is 0 Å². The third-order valence-electron chi connectivity index (χ3n) is 5.37. The minimum atomic E-state index is 0.390. The van der Waals surface area contributed by atoms with Gasteiger partial charge in [0.2, 0.25) is 0 Å². The zero-order chi connectivity index (χ0) is 14.2. The van der Waals surface area contributed by atoms with Gasteiger partial charge in [-0.25, -0.2) is 9.97 Å². The van der Waals surface area contributed by atoms with Crippen LogP contribution >= 0.6 is 0 Å². The fourth-order valence-electron chi connectivity index (χ4n) is 4.06. The first-order valence-electron chi connectivity index (χ1n) is 8.36. The van der Waals surface area contributed by atoms with Crippen molar-refractivity contribution in [2.45, 2.75) is 37.6 Å². The number of fused-ring (bicyclic) bond motifs is 3. The van der Waals surface area contributed by atoms with Crippen molar-refractivity contribution >= 4 is 5.82 Å². The Hall–Kier alpha value is -1.20. The summed E-state index contributed by atoms with van der Waals surface area (Å²) in [4.78, 5) is 14.9. The van der Waals surface area contributed by atoms with Gasteiger partial charge in [0.1, 0.15) is 11.6 Å². The average Bonchev–Trinajstić information content (AvgIpc) is 3.10. The lowest BCUT2D eigenvalue weighted by molar-refractivity contribution is 0.00859. The number of nitrogens with zero attached hydrogens (tertiary/aromatic N) is 4. The Balaban J connectivity index is 1.65. The van der Waals surface area contributed by atoms with E-state index in [9.17, 15) is 0 Å². The van der Waals surface area contributed by atoms with Crippen molar-refractivity contribution in [3.63, 3.8) is 0 Å². The second kappa shape index (κ2) is 5.54. The van der Waals surface area contributed by atoms with Crippen LogP contribution in [-0.4, -0.2) is 59.5 Å². The Morgan fingerprint density at radius 2 is 1.86 bits per heavy atom. The lowest BCUT2D eigenvalue weighted by Gasteiger charge is -2.46. The smallest absolute Gasteiger partial charge is 0.149 e. The quantitative estimate of drug-likeness (QED) is 0.919. The fraction of sp³-hybridized carbons (Fsp3) is 0.750.